The number of anilines is 2. The zero-order chi connectivity index (χ0) is 14.1. The lowest BCUT2D eigenvalue weighted by molar-refractivity contribution is 0.910. The highest BCUT2D eigenvalue weighted by Gasteiger charge is 2.10. The van der Waals surface area contributed by atoms with Gasteiger partial charge in [-0.15, -0.1) is 11.3 Å². The van der Waals surface area contributed by atoms with Gasteiger partial charge in [0.05, 0.1) is 15.9 Å². The number of hydrogen-bond acceptors (Lipinski definition) is 4. The van der Waals surface area contributed by atoms with Crippen molar-refractivity contribution < 1.29 is 0 Å². The number of nitrogen functional groups attached to an aromatic ring is 1. The number of fused-ring (bicyclic) bond motifs is 1. The maximum absolute atomic E-state index is 5.99. The second kappa shape index (κ2) is 5.31. The normalized spacial score (nSPS) is 12.5. The molecule has 20 heavy (non-hydrogen) atoms. The van der Waals surface area contributed by atoms with Crippen LogP contribution in [0.2, 0.25) is 4.34 Å². The summed E-state index contributed by atoms with van der Waals surface area (Å²) in [5, 5.41) is 4.57. The lowest BCUT2D eigenvalue weighted by Crippen LogP contribution is -2.05. The van der Waals surface area contributed by atoms with Crippen LogP contribution in [0.3, 0.4) is 0 Å². The minimum Gasteiger partial charge on any atom is -0.399 e. The van der Waals surface area contributed by atoms with Gasteiger partial charge in [-0.3, -0.25) is 4.98 Å². The number of pyridine rings is 1. The number of rotatable bonds is 3. The smallest absolute Gasteiger partial charge is 0.0932 e. The topological polar surface area (TPSA) is 50.9 Å². The number of nitrogens with zero attached hydrogens (tertiary/aromatic N) is 1. The van der Waals surface area contributed by atoms with Gasteiger partial charge in [0.15, 0.2) is 0 Å². The van der Waals surface area contributed by atoms with Crippen molar-refractivity contribution in [2.75, 3.05) is 11.1 Å². The van der Waals surface area contributed by atoms with E-state index >= 15 is 0 Å². The molecule has 0 saturated carbocycles. The number of halogens is 1. The van der Waals surface area contributed by atoms with Crippen LogP contribution in [-0.4, -0.2) is 4.98 Å². The van der Waals surface area contributed by atoms with Crippen molar-refractivity contribution in [2.24, 2.45) is 0 Å². The minimum atomic E-state index is 0.190. The van der Waals surface area contributed by atoms with Crippen molar-refractivity contribution in [1.82, 2.24) is 4.98 Å². The molecule has 1 aromatic carbocycles. The van der Waals surface area contributed by atoms with Gasteiger partial charge in [0.2, 0.25) is 0 Å². The Kier molecular flexibility index (Phi) is 3.51. The van der Waals surface area contributed by atoms with E-state index in [2.05, 4.69) is 17.2 Å². The van der Waals surface area contributed by atoms with E-state index in [1.54, 1.807) is 17.5 Å². The zero-order valence-electron chi connectivity index (χ0n) is 10.9. The van der Waals surface area contributed by atoms with E-state index in [0.29, 0.717) is 0 Å². The summed E-state index contributed by atoms with van der Waals surface area (Å²) in [5.74, 6) is 0. The Hall–Kier alpha value is -1.78. The first-order valence-electron chi connectivity index (χ1n) is 6.29. The number of thiophene rings is 1. The highest BCUT2D eigenvalue weighted by Crippen LogP contribution is 2.31. The SMILES string of the molecule is CC(Nc1ccnc2cc(N)ccc12)c1ccc(Cl)s1. The van der Waals surface area contributed by atoms with E-state index in [-0.39, 0.29) is 6.04 Å². The molecule has 0 aliphatic carbocycles. The van der Waals surface area contributed by atoms with Crippen LogP contribution in [0.5, 0.6) is 0 Å². The Labute approximate surface area is 126 Å². The molecule has 0 bridgehead atoms. The second-order valence-electron chi connectivity index (χ2n) is 4.64. The quantitative estimate of drug-likeness (QED) is 0.689. The molecule has 0 saturated heterocycles. The number of nitrogens with two attached hydrogens (primary N) is 1. The van der Waals surface area contributed by atoms with Crippen LogP contribution in [0.25, 0.3) is 10.9 Å². The highest BCUT2D eigenvalue weighted by molar-refractivity contribution is 7.16. The van der Waals surface area contributed by atoms with Gasteiger partial charge in [-0.05, 0) is 43.3 Å². The van der Waals surface area contributed by atoms with E-state index in [1.807, 2.05) is 36.4 Å². The van der Waals surface area contributed by atoms with E-state index in [9.17, 15) is 0 Å². The minimum absolute atomic E-state index is 0.190. The fraction of sp³-hybridized carbons (Fsp3) is 0.133. The molecule has 3 aromatic rings. The molecule has 2 heterocycles. The molecule has 2 aromatic heterocycles. The van der Waals surface area contributed by atoms with E-state index in [1.165, 1.54) is 4.88 Å². The van der Waals surface area contributed by atoms with Crippen molar-refractivity contribution in [3.63, 3.8) is 0 Å². The number of nitrogens with one attached hydrogen (secondary N) is 1. The Balaban J connectivity index is 1.94. The van der Waals surface area contributed by atoms with Crippen molar-refractivity contribution in [3.8, 4) is 0 Å². The van der Waals surface area contributed by atoms with Crippen LogP contribution >= 0.6 is 22.9 Å². The third-order valence-electron chi connectivity index (χ3n) is 3.16. The van der Waals surface area contributed by atoms with Gasteiger partial charge < -0.3 is 11.1 Å². The molecule has 102 valence electrons. The van der Waals surface area contributed by atoms with Gasteiger partial charge >= 0.3 is 0 Å². The molecule has 0 aliphatic rings. The van der Waals surface area contributed by atoms with Crippen molar-refractivity contribution in [1.29, 1.82) is 0 Å². The summed E-state index contributed by atoms with van der Waals surface area (Å²) in [7, 11) is 0. The Morgan fingerprint density at radius 2 is 2.10 bits per heavy atom. The average molecular weight is 304 g/mol. The fourth-order valence-corrected chi connectivity index (χ4v) is 3.22. The maximum atomic E-state index is 5.99. The first kappa shape index (κ1) is 13.2. The molecule has 0 fully saturated rings. The van der Waals surface area contributed by atoms with Gasteiger partial charge in [-0.2, -0.15) is 0 Å². The van der Waals surface area contributed by atoms with Crippen LogP contribution in [0.15, 0.2) is 42.6 Å². The summed E-state index contributed by atoms with van der Waals surface area (Å²) in [6, 6.07) is 11.9. The monoisotopic (exact) mass is 303 g/mol. The molecule has 0 aliphatic heterocycles. The summed E-state index contributed by atoms with van der Waals surface area (Å²) in [5.41, 5.74) is 8.46. The Morgan fingerprint density at radius 1 is 1.25 bits per heavy atom. The maximum Gasteiger partial charge on any atom is 0.0932 e. The highest BCUT2D eigenvalue weighted by atomic mass is 35.5. The molecule has 1 atom stereocenters. The van der Waals surface area contributed by atoms with Crippen LogP contribution in [0.1, 0.15) is 17.8 Å². The molecule has 0 spiro atoms. The van der Waals surface area contributed by atoms with Gasteiger partial charge in [0.1, 0.15) is 0 Å². The molecule has 3 rings (SSSR count). The third-order valence-corrected chi connectivity index (χ3v) is 4.57. The average Bonchev–Trinajstić information content (AvgIpc) is 2.85. The molecule has 0 amide bonds. The molecule has 3 nitrogen and oxygen atoms in total. The molecule has 5 heteroatoms. The zero-order valence-corrected chi connectivity index (χ0v) is 12.5. The first-order valence-corrected chi connectivity index (χ1v) is 7.49. The number of hydrogen-bond donors (Lipinski definition) is 2. The summed E-state index contributed by atoms with van der Waals surface area (Å²) < 4.78 is 0.806. The number of aromatic nitrogens is 1. The predicted molar refractivity (Wildman–Crippen MR) is 87.5 cm³/mol. The summed E-state index contributed by atoms with van der Waals surface area (Å²) >= 11 is 7.58. The van der Waals surface area contributed by atoms with Gasteiger partial charge in [-0.1, -0.05) is 11.6 Å². The molecular weight excluding hydrogens is 290 g/mol. The lowest BCUT2D eigenvalue weighted by atomic mass is 10.1. The van der Waals surface area contributed by atoms with Crippen LogP contribution in [0.4, 0.5) is 11.4 Å². The lowest BCUT2D eigenvalue weighted by Gasteiger charge is -2.15. The predicted octanol–water partition coefficient (Wildman–Crippen LogP) is 4.71. The van der Waals surface area contributed by atoms with Crippen LogP contribution in [-0.2, 0) is 0 Å². The van der Waals surface area contributed by atoms with Crippen molar-refractivity contribution in [3.05, 3.63) is 51.8 Å². The van der Waals surface area contributed by atoms with E-state index in [0.717, 1.165) is 26.6 Å². The second-order valence-corrected chi connectivity index (χ2v) is 6.39. The third kappa shape index (κ3) is 2.57. The molecule has 3 N–H and O–H groups in total. The fourth-order valence-electron chi connectivity index (χ4n) is 2.16. The van der Waals surface area contributed by atoms with E-state index < -0.39 is 0 Å². The first-order chi connectivity index (χ1) is 9.63. The van der Waals surface area contributed by atoms with Gasteiger partial charge in [0.25, 0.3) is 0 Å². The van der Waals surface area contributed by atoms with E-state index in [4.69, 9.17) is 17.3 Å². The summed E-state index contributed by atoms with van der Waals surface area (Å²) in [6.45, 7) is 2.12. The Morgan fingerprint density at radius 3 is 2.85 bits per heavy atom. The van der Waals surface area contributed by atoms with Crippen molar-refractivity contribution >= 4 is 45.2 Å². The molecular formula is C15H14ClN3S. The molecule has 0 radical (unpaired) electrons. The van der Waals surface area contributed by atoms with Crippen molar-refractivity contribution in [2.45, 2.75) is 13.0 Å². The largest absolute Gasteiger partial charge is 0.399 e. The molecule has 1 unspecified atom stereocenters. The number of benzene rings is 1. The Bertz CT molecular complexity index is 754. The summed E-state index contributed by atoms with van der Waals surface area (Å²) in [4.78, 5) is 5.55. The van der Waals surface area contributed by atoms with Gasteiger partial charge in [-0.25, -0.2) is 0 Å². The summed E-state index contributed by atoms with van der Waals surface area (Å²) in [6.07, 6.45) is 1.79. The van der Waals surface area contributed by atoms with Gasteiger partial charge in [0, 0.05) is 27.8 Å². The van der Waals surface area contributed by atoms with Crippen LogP contribution in [0, 0.1) is 0 Å². The van der Waals surface area contributed by atoms with Crippen LogP contribution < -0.4 is 11.1 Å². The standard InChI is InChI=1S/C15H14ClN3S/c1-9(14-4-5-15(16)20-14)19-12-6-7-18-13-8-10(17)2-3-11(12)13/h2-9H,17H2,1H3,(H,18,19).